The monoisotopic (exact) mass is 513 g/mol. The zero-order valence-electron chi connectivity index (χ0n) is 17.7. The van der Waals surface area contributed by atoms with Gasteiger partial charge in [0.1, 0.15) is 0 Å². The molecule has 5 aromatic rings. The third-order valence-electron chi connectivity index (χ3n) is 5.19. The van der Waals surface area contributed by atoms with Crippen molar-refractivity contribution >= 4 is 45.9 Å². The molecule has 0 aliphatic heterocycles. The van der Waals surface area contributed by atoms with E-state index in [0.717, 1.165) is 40.4 Å². The Kier molecular flexibility index (Phi) is 6.23. The molecule has 6 nitrogen and oxygen atoms in total. The number of halogens is 4. The van der Waals surface area contributed by atoms with Gasteiger partial charge >= 0.3 is 0 Å². The van der Waals surface area contributed by atoms with Crippen molar-refractivity contribution in [3.8, 4) is 17.1 Å². The van der Waals surface area contributed by atoms with E-state index >= 15 is 0 Å². The number of hydrogen-bond donors (Lipinski definition) is 2. The van der Waals surface area contributed by atoms with E-state index in [1.54, 1.807) is 28.8 Å². The van der Waals surface area contributed by atoms with E-state index in [4.69, 9.17) is 11.6 Å². The second-order valence-corrected chi connectivity index (χ2v) is 8.80. The van der Waals surface area contributed by atoms with Crippen LogP contribution < -0.4 is 5.32 Å². The van der Waals surface area contributed by atoms with Crippen LogP contribution in [0.25, 0.3) is 28.0 Å². The van der Waals surface area contributed by atoms with Crippen molar-refractivity contribution in [2.24, 2.45) is 0 Å². The van der Waals surface area contributed by atoms with Crippen molar-refractivity contribution in [2.45, 2.75) is 5.16 Å². The second-order valence-electron chi connectivity index (χ2n) is 7.43. The molecule has 1 amide bonds. The number of fused-ring (bicyclic) bond motifs is 1. The molecular weight excluding hydrogens is 499 g/mol. The van der Waals surface area contributed by atoms with Crippen LogP contribution in [0.2, 0.25) is 5.02 Å². The number of anilines is 1. The summed E-state index contributed by atoms with van der Waals surface area (Å²) < 4.78 is 42.3. The van der Waals surface area contributed by atoms with Gasteiger partial charge in [0.05, 0.1) is 11.4 Å². The van der Waals surface area contributed by atoms with Gasteiger partial charge in [0.15, 0.2) is 28.4 Å². The molecule has 0 aliphatic rings. The molecule has 3 aromatic carbocycles. The summed E-state index contributed by atoms with van der Waals surface area (Å²) in [5, 5.41) is 12.8. The van der Waals surface area contributed by atoms with Gasteiger partial charge in [0.25, 0.3) is 0 Å². The lowest BCUT2D eigenvalue weighted by Gasteiger charge is -2.11. The fourth-order valence-electron chi connectivity index (χ4n) is 3.56. The van der Waals surface area contributed by atoms with Crippen LogP contribution in [0, 0.1) is 17.5 Å². The standard InChI is InChI=1S/C24H15ClF3N5OS/c25-13-5-7-14(8-6-13)33-23(16-11-29-18-4-2-1-3-15(16)18)31-32-24(33)35-12-20(34)30-19-10-9-17(26)21(27)22(19)28/h1-11,29H,12H2,(H,30,34). The summed E-state index contributed by atoms with van der Waals surface area (Å²) in [5.41, 5.74) is 2.00. The molecule has 5 rings (SSSR count). The maximum absolute atomic E-state index is 13.9. The first kappa shape index (κ1) is 23.0. The van der Waals surface area contributed by atoms with Gasteiger partial charge in [-0.05, 0) is 42.5 Å². The van der Waals surface area contributed by atoms with E-state index in [1.807, 2.05) is 30.5 Å². The first-order valence-corrected chi connectivity index (χ1v) is 11.6. The minimum atomic E-state index is -1.65. The number of hydrogen-bond acceptors (Lipinski definition) is 4. The number of benzene rings is 3. The fourth-order valence-corrected chi connectivity index (χ4v) is 4.43. The molecule has 2 aromatic heterocycles. The van der Waals surface area contributed by atoms with Crippen LogP contribution in [0.3, 0.4) is 0 Å². The third kappa shape index (κ3) is 4.50. The lowest BCUT2D eigenvalue weighted by atomic mass is 10.1. The van der Waals surface area contributed by atoms with Crippen LogP contribution in [0.5, 0.6) is 0 Å². The maximum atomic E-state index is 13.9. The van der Waals surface area contributed by atoms with Crippen LogP contribution in [-0.4, -0.2) is 31.4 Å². The maximum Gasteiger partial charge on any atom is 0.234 e. The van der Waals surface area contributed by atoms with Crippen molar-refractivity contribution in [2.75, 3.05) is 11.1 Å². The summed E-state index contributed by atoms with van der Waals surface area (Å²) in [7, 11) is 0. The molecule has 0 radical (unpaired) electrons. The molecule has 0 atom stereocenters. The Hall–Kier alpha value is -3.76. The molecule has 176 valence electrons. The summed E-state index contributed by atoms with van der Waals surface area (Å²) in [6.45, 7) is 0. The topological polar surface area (TPSA) is 75.6 Å². The molecule has 0 saturated heterocycles. The van der Waals surface area contributed by atoms with Crippen LogP contribution in [-0.2, 0) is 4.79 Å². The Balaban J connectivity index is 1.46. The summed E-state index contributed by atoms with van der Waals surface area (Å²) in [6.07, 6.45) is 1.83. The number of aromatic amines is 1. The average molecular weight is 514 g/mol. The summed E-state index contributed by atoms with van der Waals surface area (Å²) in [6, 6.07) is 16.5. The Bertz CT molecular complexity index is 1550. The number of para-hydroxylation sites is 1. The minimum Gasteiger partial charge on any atom is -0.360 e. The third-order valence-corrected chi connectivity index (χ3v) is 6.37. The van der Waals surface area contributed by atoms with E-state index < -0.39 is 29.0 Å². The largest absolute Gasteiger partial charge is 0.360 e. The first-order valence-electron chi connectivity index (χ1n) is 10.3. The highest BCUT2D eigenvalue weighted by Crippen LogP contribution is 2.33. The molecule has 0 aliphatic carbocycles. The van der Waals surface area contributed by atoms with E-state index in [-0.39, 0.29) is 5.75 Å². The normalized spacial score (nSPS) is 11.2. The summed E-state index contributed by atoms with van der Waals surface area (Å²) >= 11 is 7.11. The number of nitrogens with zero attached hydrogens (tertiary/aromatic N) is 3. The van der Waals surface area contributed by atoms with Crippen molar-refractivity contribution in [3.05, 3.63) is 89.3 Å². The predicted molar refractivity (Wildman–Crippen MR) is 129 cm³/mol. The van der Waals surface area contributed by atoms with Gasteiger partial charge < -0.3 is 10.3 Å². The van der Waals surface area contributed by atoms with Crippen molar-refractivity contribution in [1.82, 2.24) is 19.7 Å². The molecule has 0 unspecified atom stereocenters. The number of amides is 1. The highest BCUT2D eigenvalue weighted by Gasteiger charge is 2.21. The van der Waals surface area contributed by atoms with E-state index in [1.165, 1.54) is 0 Å². The SMILES string of the molecule is O=C(CSc1nnc(-c2c[nH]c3ccccc23)n1-c1ccc(Cl)cc1)Nc1ccc(F)c(F)c1F. The van der Waals surface area contributed by atoms with Gasteiger partial charge in [0.2, 0.25) is 5.91 Å². The van der Waals surface area contributed by atoms with Crippen LogP contribution >= 0.6 is 23.4 Å². The quantitative estimate of drug-likeness (QED) is 0.209. The Morgan fingerprint density at radius 3 is 2.57 bits per heavy atom. The van der Waals surface area contributed by atoms with E-state index in [9.17, 15) is 18.0 Å². The number of H-pyrrole nitrogens is 1. The lowest BCUT2D eigenvalue weighted by Crippen LogP contribution is -2.16. The zero-order chi connectivity index (χ0) is 24.5. The van der Waals surface area contributed by atoms with E-state index in [0.29, 0.717) is 21.7 Å². The van der Waals surface area contributed by atoms with Gasteiger partial charge in [-0.1, -0.05) is 41.6 Å². The predicted octanol–water partition coefficient (Wildman–Crippen LogP) is 6.22. The van der Waals surface area contributed by atoms with Crippen LogP contribution in [0.1, 0.15) is 0 Å². The van der Waals surface area contributed by atoms with Gasteiger partial charge in [-0.15, -0.1) is 10.2 Å². The molecule has 0 bridgehead atoms. The summed E-state index contributed by atoms with van der Waals surface area (Å²) in [5.74, 6) is -4.72. The number of aromatic nitrogens is 4. The number of rotatable bonds is 6. The number of carbonyl (C=O) groups is 1. The van der Waals surface area contributed by atoms with Crippen molar-refractivity contribution in [3.63, 3.8) is 0 Å². The fraction of sp³-hybridized carbons (Fsp3) is 0.0417. The van der Waals surface area contributed by atoms with Crippen LogP contribution in [0.15, 0.2) is 72.0 Å². The van der Waals surface area contributed by atoms with Crippen molar-refractivity contribution in [1.29, 1.82) is 0 Å². The average Bonchev–Trinajstić information content (AvgIpc) is 3.47. The molecule has 0 fully saturated rings. The molecule has 0 spiro atoms. The lowest BCUT2D eigenvalue weighted by molar-refractivity contribution is -0.113. The molecular formula is C24H15ClF3N5OS. The van der Waals surface area contributed by atoms with Gasteiger partial charge in [-0.2, -0.15) is 0 Å². The number of nitrogens with one attached hydrogen (secondary N) is 2. The molecule has 35 heavy (non-hydrogen) atoms. The Morgan fingerprint density at radius 2 is 1.77 bits per heavy atom. The zero-order valence-corrected chi connectivity index (χ0v) is 19.3. The van der Waals surface area contributed by atoms with Crippen LogP contribution in [0.4, 0.5) is 18.9 Å². The number of thioether (sulfide) groups is 1. The highest BCUT2D eigenvalue weighted by molar-refractivity contribution is 7.99. The molecule has 2 heterocycles. The van der Waals surface area contributed by atoms with Gasteiger partial charge in [0, 0.05) is 33.4 Å². The second kappa shape index (κ2) is 9.47. The van der Waals surface area contributed by atoms with Gasteiger partial charge in [-0.3, -0.25) is 9.36 Å². The van der Waals surface area contributed by atoms with Crippen molar-refractivity contribution < 1.29 is 18.0 Å². The highest BCUT2D eigenvalue weighted by atomic mass is 35.5. The smallest absolute Gasteiger partial charge is 0.234 e. The molecule has 11 heteroatoms. The molecule has 0 saturated carbocycles. The molecule has 2 N–H and O–H groups in total. The summed E-state index contributed by atoms with van der Waals surface area (Å²) in [4.78, 5) is 15.7. The minimum absolute atomic E-state index is 0.182. The first-order chi connectivity index (χ1) is 16.9. The number of carbonyl (C=O) groups excluding carboxylic acids is 1. The van der Waals surface area contributed by atoms with Gasteiger partial charge in [-0.25, -0.2) is 13.2 Å². The van der Waals surface area contributed by atoms with E-state index in [2.05, 4.69) is 20.5 Å². The Labute approximate surface area is 206 Å². The Morgan fingerprint density at radius 1 is 1.00 bits per heavy atom.